The van der Waals surface area contributed by atoms with Crippen LogP contribution in [0.2, 0.25) is 5.02 Å². The van der Waals surface area contributed by atoms with E-state index < -0.39 is 0 Å². The second-order valence-corrected chi connectivity index (χ2v) is 4.91. The quantitative estimate of drug-likeness (QED) is 0.655. The van der Waals surface area contributed by atoms with Gasteiger partial charge in [-0.2, -0.15) is 0 Å². The average molecular weight is 270 g/mol. The van der Waals surface area contributed by atoms with E-state index in [2.05, 4.69) is 16.7 Å². The number of hydrogen-bond acceptors (Lipinski definition) is 1. The van der Waals surface area contributed by atoms with Crippen molar-refractivity contribution in [2.75, 3.05) is 0 Å². The van der Waals surface area contributed by atoms with Gasteiger partial charge in [0.1, 0.15) is 0 Å². The molecule has 0 radical (unpaired) electrons. The predicted molar refractivity (Wildman–Crippen MR) is 77.9 cm³/mol. The summed E-state index contributed by atoms with van der Waals surface area (Å²) in [5, 5.41) is 1.55. The predicted octanol–water partition coefficient (Wildman–Crippen LogP) is 4.16. The van der Waals surface area contributed by atoms with Gasteiger partial charge in [0.2, 0.25) is 0 Å². The van der Waals surface area contributed by atoms with Gasteiger partial charge in [-0.05, 0) is 23.8 Å². The Morgan fingerprint density at radius 3 is 2.63 bits per heavy atom. The Hall–Kier alpha value is -2.06. The van der Waals surface area contributed by atoms with E-state index in [4.69, 9.17) is 11.6 Å². The van der Waals surface area contributed by atoms with Gasteiger partial charge in [-0.15, -0.1) is 0 Å². The van der Waals surface area contributed by atoms with Crippen LogP contribution >= 0.6 is 11.6 Å². The standard InChI is InChI=1S/C16H12ClNO/c17-14-6-7-16-15(8-14)13(11-19)10-18(16)9-12-4-2-1-3-5-12/h1-8,10-11H,9H2. The Bertz CT molecular complexity index is 731. The van der Waals surface area contributed by atoms with E-state index in [1.54, 1.807) is 0 Å². The molecule has 3 rings (SSSR count). The molecule has 0 fully saturated rings. The maximum Gasteiger partial charge on any atom is 0.152 e. The highest BCUT2D eigenvalue weighted by Crippen LogP contribution is 2.24. The van der Waals surface area contributed by atoms with E-state index in [-0.39, 0.29) is 0 Å². The van der Waals surface area contributed by atoms with Crippen molar-refractivity contribution in [2.45, 2.75) is 6.54 Å². The van der Waals surface area contributed by atoms with Gasteiger partial charge in [-0.25, -0.2) is 0 Å². The van der Waals surface area contributed by atoms with Crippen LogP contribution in [0.5, 0.6) is 0 Å². The van der Waals surface area contributed by atoms with Crippen LogP contribution in [-0.2, 0) is 6.54 Å². The van der Waals surface area contributed by atoms with Gasteiger partial charge in [0.25, 0.3) is 0 Å². The van der Waals surface area contributed by atoms with Crippen molar-refractivity contribution in [1.29, 1.82) is 0 Å². The van der Waals surface area contributed by atoms with Crippen molar-refractivity contribution in [3.63, 3.8) is 0 Å². The molecule has 0 saturated carbocycles. The summed E-state index contributed by atoms with van der Waals surface area (Å²) < 4.78 is 2.07. The van der Waals surface area contributed by atoms with E-state index >= 15 is 0 Å². The minimum absolute atomic E-state index is 0.646. The molecule has 19 heavy (non-hydrogen) atoms. The van der Waals surface area contributed by atoms with Crippen molar-refractivity contribution in [3.8, 4) is 0 Å². The molecule has 0 aliphatic heterocycles. The van der Waals surface area contributed by atoms with Crippen LogP contribution in [0.1, 0.15) is 15.9 Å². The number of aldehydes is 1. The Labute approximate surface area is 116 Å². The molecule has 0 N–H and O–H groups in total. The van der Waals surface area contributed by atoms with E-state index in [1.807, 2.05) is 42.6 Å². The molecule has 1 heterocycles. The highest BCUT2D eigenvalue weighted by atomic mass is 35.5. The number of carbonyl (C=O) groups is 1. The lowest BCUT2D eigenvalue weighted by Gasteiger charge is -2.05. The van der Waals surface area contributed by atoms with Crippen molar-refractivity contribution in [1.82, 2.24) is 4.57 Å². The van der Waals surface area contributed by atoms with E-state index in [1.165, 1.54) is 5.56 Å². The number of benzene rings is 2. The second-order valence-electron chi connectivity index (χ2n) is 4.48. The summed E-state index contributed by atoms with van der Waals surface area (Å²) >= 11 is 5.99. The normalized spacial score (nSPS) is 10.8. The number of halogens is 1. The summed E-state index contributed by atoms with van der Waals surface area (Å²) in [5.41, 5.74) is 2.90. The molecule has 2 nitrogen and oxygen atoms in total. The molecule has 0 saturated heterocycles. The zero-order chi connectivity index (χ0) is 13.2. The van der Waals surface area contributed by atoms with E-state index in [9.17, 15) is 4.79 Å². The molecule has 0 atom stereocenters. The van der Waals surface area contributed by atoms with E-state index in [0.29, 0.717) is 10.6 Å². The number of aromatic nitrogens is 1. The van der Waals surface area contributed by atoms with Gasteiger partial charge in [-0.3, -0.25) is 4.79 Å². The Morgan fingerprint density at radius 2 is 1.89 bits per heavy atom. The fraction of sp³-hybridized carbons (Fsp3) is 0.0625. The molecule has 0 amide bonds. The lowest BCUT2D eigenvalue weighted by Crippen LogP contribution is -1.97. The first-order valence-electron chi connectivity index (χ1n) is 6.05. The molecule has 0 aliphatic carbocycles. The van der Waals surface area contributed by atoms with Crippen LogP contribution in [0.3, 0.4) is 0 Å². The maximum atomic E-state index is 11.1. The summed E-state index contributed by atoms with van der Waals surface area (Å²) in [5.74, 6) is 0. The van der Waals surface area contributed by atoms with Crippen LogP contribution < -0.4 is 0 Å². The van der Waals surface area contributed by atoms with Crippen LogP contribution in [0, 0.1) is 0 Å². The third-order valence-corrected chi connectivity index (χ3v) is 3.43. The average Bonchev–Trinajstić information content (AvgIpc) is 2.77. The van der Waals surface area contributed by atoms with Gasteiger partial charge in [0.05, 0.1) is 0 Å². The largest absolute Gasteiger partial charge is 0.342 e. The first-order chi connectivity index (χ1) is 9.28. The highest BCUT2D eigenvalue weighted by Gasteiger charge is 2.08. The summed E-state index contributed by atoms with van der Waals surface area (Å²) in [6.07, 6.45) is 2.75. The number of fused-ring (bicyclic) bond motifs is 1. The molecule has 94 valence electrons. The monoisotopic (exact) mass is 269 g/mol. The Morgan fingerprint density at radius 1 is 1.11 bits per heavy atom. The second kappa shape index (κ2) is 4.90. The first-order valence-corrected chi connectivity index (χ1v) is 6.43. The van der Waals surface area contributed by atoms with Crippen molar-refractivity contribution >= 4 is 28.8 Å². The van der Waals surface area contributed by atoms with Crippen LogP contribution in [0.15, 0.2) is 54.7 Å². The molecule has 3 heteroatoms. The topological polar surface area (TPSA) is 22.0 Å². The van der Waals surface area contributed by atoms with Gasteiger partial charge in [0.15, 0.2) is 6.29 Å². The SMILES string of the molecule is O=Cc1cn(Cc2ccccc2)c2ccc(Cl)cc12. The maximum absolute atomic E-state index is 11.1. The van der Waals surface area contributed by atoms with Crippen LogP contribution in [0.25, 0.3) is 10.9 Å². The highest BCUT2D eigenvalue weighted by molar-refractivity contribution is 6.31. The van der Waals surface area contributed by atoms with Gasteiger partial charge in [0, 0.05) is 34.2 Å². The Kier molecular flexibility index (Phi) is 3.10. The summed E-state index contributed by atoms with van der Waals surface area (Å²) in [6, 6.07) is 15.8. The van der Waals surface area contributed by atoms with Gasteiger partial charge >= 0.3 is 0 Å². The number of nitrogens with zero attached hydrogens (tertiary/aromatic N) is 1. The fourth-order valence-electron chi connectivity index (χ4n) is 2.30. The first kappa shape index (κ1) is 12.0. The molecule has 0 bridgehead atoms. The summed E-state index contributed by atoms with van der Waals surface area (Å²) in [7, 11) is 0. The zero-order valence-corrected chi connectivity index (χ0v) is 11.0. The zero-order valence-electron chi connectivity index (χ0n) is 10.2. The van der Waals surface area contributed by atoms with Crippen molar-refractivity contribution < 1.29 is 4.79 Å². The minimum atomic E-state index is 0.646. The third-order valence-electron chi connectivity index (χ3n) is 3.20. The summed E-state index contributed by atoms with van der Waals surface area (Å²) in [6.45, 7) is 0.743. The van der Waals surface area contributed by atoms with Crippen LogP contribution in [-0.4, -0.2) is 10.9 Å². The lowest BCUT2D eigenvalue weighted by atomic mass is 10.2. The fourth-order valence-corrected chi connectivity index (χ4v) is 2.47. The summed E-state index contributed by atoms with van der Waals surface area (Å²) in [4.78, 5) is 11.1. The molecule has 1 aromatic heterocycles. The molecular weight excluding hydrogens is 258 g/mol. The number of carbonyl (C=O) groups excluding carboxylic acids is 1. The minimum Gasteiger partial charge on any atom is -0.342 e. The van der Waals surface area contributed by atoms with Crippen molar-refractivity contribution in [2.24, 2.45) is 0 Å². The molecule has 2 aromatic carbocycles. The number of hydrogen-bond donors (Lipinski definition) is 0. The molecule has 0 spiro atoms. The van der Waals surface area contributed by atoms with Gasteiger partial charge in [-0.1, -0.05) is 41.9 Å². The third kappa shape index (κ3) is 2.27. The Balaban J connectivity index is 2.11. The smallest absolute Gasteiger partial charge is 0.152 e. The molecular formula is C16H12ClNO. The van der Waals surface area contributed by atoms with Crippen molar-refractivity contribution in [3.05, 3.63) is 70.9 Å². The van der Waals surface area contributed by atoms with E-state index in [0.717, 1.165) is 23.7 Å². The van der Waals surface area contributed by atoms with Gasteiger partial charge < -0.3 is 4.57 Å². The molecule has 0 unspecified atom stereocenters. The molecule has 0 aliphatic rings. The molecule has 3 aromatic rings. The lowest BCUT2D eigenvalue weighted by molar-refractivity contribution is 0.112. The number of rotatable bonds is 3. The van der Waals surface area contributed by atoms with Crippen LogP contribution in [0.4, 0.5) is 0 Å².